The van der Waals surface area contributed by atoms with Crippen molar-refractivity contribution >= 4 is 0 Å². The number of hydrogen-bond acceptors (Lipinski definition) is 1. The van der Waals surface area contributed by atoms with Crippen LogP contribution in [0.1, 0.15) is 84.3 Å². The summed E-state index contributed by atoms with van der Waals surface area (Å²) in [4.78, 5) is 2.73. The Morgan fingerprint density at radius 3 is 2.08 bits per heavy atom. The van der Waals surface area contributed by atoms with Gasteiger partial charge in [0.1, 0.15) is 0 Å². The van der Waals surface area contributed by atoms with Crippen LogP contribution in [-0.4, -0.2) is 24.5 Å². The molecule has 0 bridgehead atoms. The summed E-state index contributed by atoms with van der Waals surface area (Å²) in [5, 5.41) is 0. The summed E-state index contributed by atoms with van der Waals surface area (Å²) in [6, 6.07) is 9.18. The van der Waals surface area contributed by atoms with Crippen LogP contribution in [0.4, 0.5) is 0 Å². The highest BCUT2D eigenvalue weighted by Gasteiger charge is 2.32. The first kappa shape index (κ1) is 21.5. The number of rotatable bonds is 8. The normalized spacial score (nSPS) is 20.5. The first-order valence-electron chi connectivity index (χ1n) is 11.0. The van der Waals surface area contributed by atoms with Gasteiger partial charge in [0, 0.05) is 0 Å². The van der Waals surface area contributed by atoms with Crippen molar-refractivity contribution in [1.29, 1.82) is 0 Å². The topological polar surface area (TPSA) is 3.24 Å². The Bertz CT molecular complexity index is 522. The van der Waals surface area contributed by atoms with Crippen LogP contribution < -0.4 is 0 Å². The van der Waals surface area contributed by atoms with E-state index < -0.39 is 0 Å². The van der Waals surface area contributed by atoms with Crippen LogP contribution in [0.15, 0.2) is 24.3 Å². The lowest BCUT2D eigenvalue weighted by atomic mass is 9.69. The monoisotopic (exact) mass is 357 g/mol. The minimum atomic E-state index is 0.416. The summed E-state index contributed by atoms with van der Waals surface area (Å²) in [5.41, 5.74) is 3.27. The minimum Gasteiger partial charge on any atom is -0.303 e. The largest absolute Gasteiger partial charge is 0.303 e. The number of aryl methyl sites for hydroxylation is 1. The van der Waals surface area contributed by atoms with Crippen LogP contribution in [0.5, 0.6) is 0 Å². The van der Waals surface area contributed by atoms with E-state index in [1.807, 2.05) is 0 Å². The van der Waals surface area contributed by atoms with Crippen LogP contribution in [0.25, 0.3) is 0 Å². The highest BCUT2D eigenvalue weighted by molar-refractivity contribution is 5.24. The summed E-state index contributed by atoms with van der Waals surface area (Å²) in [5.74, 6) is 3.16. The Labute approximate surface area is 163 Å². The summed E-state index contributed by atoms with van der Waals surface area (Å²) in [6.45, 7) is 20.7. The molecule has 1 saturated heterocycles. The van der Waals surface area contributed by atoms with Gasteiger partial charge in [0.25, 0.3) is 0 Å². The van der Waals surface area contributed by atoms with Gasteiger partial charge in [-0.05, 0) is 86.9 Å². The van der Waals surface area contributed by atoms with Crippen molar-refractivity contribution in [2.75, 3.05) is 19.6 Å². The van der Waals surface area contributed by atoms with Crippen molar-refractivity contribution in [3.8, 4) is 0 Å². The molecule has 0 amide bonds. The van der Waals surface area contributed by atoms with Crippen molar-refractivity contribution in [2.45, 2.75) is 80.1 Å². The average Bonchev–Trinajstić information content (AvgIpc) is 2.60. The number of hydrogen-bond donors (Lipinski definition) is 0. The second-order valence-electron chi connectivity index (χ2n) is 10.00. The highest BCUT2D eigenvalue weighted by atomic mass is 15.1. The Morgan fingerprint density at radius 2 is 1.58 bits per heavy atom. The fourth-order valence-electron chi connectivity index (χ4n) is 4.60. The summed E-state index contributed by atoms with van der Waals surface area (Å²) >= 11 is 0. The van der Waals surface area contributed by atoms with Crippen LogP contribution in [0, 0.1) is 30.1 Å². The second kappa shape index (κ2) is 9.40. The number of benzene rings is 1. The molecule has 1 heteroatoms. The Hall–Kier alpha value is -0.820. The predicted molar refractivity (Wildman–Crippen MR) is 116 cm³/mol. The van der Waals surface area contributed by atoms with Crippen LogP contribution >= 0.6 is 0 Å². The van der Waals surface area contributed by atoms with Gasteiger partial charge in [-0.15, -0.1) is 0 Å². The molecule has 0 N–H and O–H groups in total. The lowest BCUT2D eigenvalue weighted by Gasteiger charge is -2.40. The zero-order valence-corrected chi connectivity index (χ0v) is 18.5. The second-order valence-corrected chi connectivity index (χ2v) is 10.00. The fraction of sp³-hybridized carbons (Fsp3) is 0.760. The molecular formula is C25H43N. The lowest BCUT2D eigenvalue weighted by Crippen LogP contribution is -2.38. The number of piperidine rings is 1. The first-order valence-corrected chi connectivity index (χ1v) is 11.0. The van der Waals surface area contributed by atoms with Gasteiger partial charge in [0.2, 0.25) is 0 Å². The van der Waals surface area contributed by atoms with E-state index in [-0.39, 0.29) is 0 Å². The maximum atomic E-state index is 2.73. The first-order chi connectivity index (χ1) is 12.2. The Balaban J connectivity index is 1.91. The Kier molecular flexibility index (Phi) is 7.76. The molecule has 26 heavy (non-hydrogen) atoms. The molecule has 1 aromatic rings. The smallest absolute Gasteiger partial charge is 0.00134 e. The molecule has 2 atom stereocenters. The predicted octanol–water partition coefficient (Wildman–Crippen LogP) is 6.91. The Morgan fingerprint density at radius 1 is 1.00 bits per heavy atom. The molecular weight excluding hydrogens is 314 g/mol. The van der Waals surface area contributed by atoms with Gasteiger partial charge in [-0.3, -0.25) is 0 Å². The number of nitrogens with zero attached hydrogens (tertiary/aromatic N) is 1. The van der Waals surface area contributed by atoms with Crippen molar-refractivity contribution < 1.29 is 0 Å². The van der Waals surface area contributed by atoms with Gasteiger partial charge in [0.15, 0.2) is 0 Å². The molecule has 0 spiro atoms. The van der Waals surface area contributed by atoms with Crippen molar-refractivity contribution in [2.24, 2.45) is 23.2 Å². The number of likely N-dealkylation sites (tertiary alicyclic amines) is 1. The molecule has 0 saturated carbocycles. The average molecular weight is 358 g/mol. The van der Waals surface area contributed by atoms with E-state index in [4.69, 9.17) is 0 Å². The quantitative estimate of drug-likeness (QED) is 0.488. The van der Waals surface area contributed by atoms with E-state index in [2.05, 4.69) is 77.6 Å². The van der Waals surface area contributed by atoms with Gasteiger partial charge in [-0.25, -0.2) is 0 Å². The van der Waals surface area contributed by atoms with Crippen molar-refractivity contribution in [3.05, 3.63) is 35.4 Å². The molecule has 1 aliphatic heterocycles. The maximum absolute atomic E-state index is 2.73. The fourth-order valence-corrected chi connectivity index (χ4v) is 4.60. The van der Waals surface area contributed by atoms with Gasteiger partial charge < -0.3 is 4.90 Å². The molecule has 0 aromatic heterocycles. The van der Waals surface area contributed by atoms with Crippen molar-refractivity contribution in [1.82, 2.24) is 4.90 Å². The molecule has 1 aliphatic rings. The van der Waals surface area contributed by atoms with Crippen LogP contribution in [-0.2, 0) is 0 Å². The lowest BCUT2D eigenvalue weighted by molar-refractivity contribution is 0.107. The molecule has 0 radical (unpaired) electrons. The molecule has 1 aromatic carbocycles. The standard InChI is InChI=1S/C25H43N/c1-19(2)23-12-15-26(16-13-23)17-14-25(7,20(3)4)18-22(6)24-10-8-21(5)9-11-24/h8-11,19-20,22-23H,12-18H2,1-7H3. The molecule has 2 unspecified atom stereocenters. The molecule has 0 aliphatic carbocycles. The third-order valence-electron chi connectivity index (χ3n) is 7.39. The van der Waals surface area contributed by atoms with E-state index in [1.165, 1.54) is 56.4 Å². The van der Waals surface area contributed by atoms with Crippen molar-refractivity contribution in [3.63, 3.8) is 0 Å². The van der Waals surface area contributed by atoms with Gasteiger partial charge >= 0.3 is 0 Å². The third-order valence-corrected chi connectivity index (χ3v) is 7.39. The molecule has 148 valence electrons. The van der Waals surface area contributed by atoms with Crippen LogP contribution in [0.3, 0.4) is 0 Å². The van der Waals surface area contributed by atoms with E-state index in [1.54, 1.807) is 0 Å². The zero-order valence-electron chi connectivity index (χ0n) is 18.5. The third kappa shape index (κ3) is 5.84. The zero-order chi connectivity index (χ0) is 19.3. The van der Waals surface area contributed by atoms with E-state index >= 15 is 0 Å². The summed E-state index contributed by atoms with van der Waals surface area (Å²) in [6.07, 6.45) is 5.41. The summed E-state index contributed by atoms with van der Waals surface area (Å²) < 4.78 is 0. The molecule has 1 heterocycles. The molecule has 1 nitrogen and oxygen atoms in total. The maximum Gasteiger partial charge on any atom is -0.00134 e. The molecule has 2 rings (SSSR count). The van der Waals surface area contributed by atoms with Crippen LogP contribution in [0.2, 0.25) is 0 Å². The minimum absolute atomic E-state index is 0.416. The van der Waals surface area contributed by atoms with E-state index in [0.29, 0.717) is 11.3 Å². The molecule has 1 fully saturated rings. The van der Waals surface area contributed by atoms with Gasteiger partial charge in [-0.2, -0.15) is 0 Å². The van der Waals surface area contributed by atoms with Gasteiger partial charge in [-0.1, -0.05) is 71.4 Å². The SMILES string of the molecule is Cc1ccc(C(C)CC(C)(CCN2CCC(C(C)C)CC2)C(C)C)cc1. The highest BCUT2D eigenvalue weighted by Crippen LogP contribution is 2.41. The van der Waals surface area contributed by atoms with E-state index in [9.17, 15) is 0 Å². The van der Waals surface area contributed by atoms with E-state index in [0.717, 1.165) is 17.8 Å². The summed E-state index contributed by atoms with van der Waals surface area (Å²) in [7, 11) is 0. The van der Waals surface area contributed by atoms with Gasteiger partial charge in [0.05, 0.1) is 0 Å².